The molecule has 23 heavy (non-hydrogen) atoms. The van der Waals surface area contributed by atoms with Crippen LogP contribution < -0.4 is 4.90 Å². The van der Waals surface area contributed by atoms with Crippen LogP contribution in [0.3, 0.4) is 0 Å². The number of aromatic amines is 1. The number of nitrogens with one attached hydrogen (secondary N) is 1. The summed E-state index contributed by atoms with van der Waals surface area (Å²) in [6.45, 7) is 4.32. The van der Waals surface area contributed by atoms with Crippen molar-refractivity contribution in [2.45, 2.75) is 13.3 Å². The Morgan fingerprint density at radius 1 is 1.35 bits per heavy atom. The molecule has 0 bridgehead atoms. The number of H-pyrrole nitrogens is 1. The van der Waals surface area contributed by atoms with E-state index in [-0.39, 0.29) is 0 Å². The van der Waals surface area contributed by atoms with Gasteiger partial charge in [-0.15, -0.1) is 0 Å². The van der Waals surface area contributed by atoms with E-state index in [4.69, 9.17) is 5.26 Å². The molecule has 5 nitrogen and oxygen atoms in total. The Balaban J connectivity index is 1.89. The molecule has 0 unspecified atom stereocenters. The maximum atomic E-state index is 9.14. The molecule has 1 fully saturated rings. The molecule has 0 aliphatic carbocycles. The first-order valence-corrected chi connectivity index (χ1v) is 7.84. The van der Waals surface area contributed by atoms with E-state index in [1.165, 1.54) is 6.42 Å². The van der Waals surface area contributed by atoms with E-state index in [2.05, 4.69) is 32.8 Å². The Bertz CT molecular complexity index is 905. The number of fused-ring (bicyclic) bond motifs is 1. The molecular weight excluding hydrogens is 286 g/mol. The van der Waals surface area contributed by atoms with Crippen molar-refractivity contribution in [3.8, 4) is 17.2 Å². The smallest absolute Gasteiger partial charge is 0.143 e. The van der Waals surface area contributed by atoms with Crippen LogP contribution in [0.15, 0.2) is 36.8 Å². The van der Waals surface area contributed by atoms with Crippen molar-refractivity contribution in [3.63, 3.8) is 0 Å². The number of hydrogen-bond acceptors (Lipinski definition) is 4. The van der Waals surface area contributed by atoms with Crippen LogP contribution in [0.2, 0.25) is 0 Å². The Morgan fingerprint density at radius 2 is 2.26 bits per heavy atom. The van der Waals surface area contributed by atoms with Crippen LogP contribution in [-0.2, 0) is 0 Å². The first-order chi connectivity index (χ1) is 11.3. The van der Waals surface area contributed by atoms with E-state index in [1.54, 1.807) is 6.33 Å². The predicted molar refractivity (Wildman–Crippen MR) is 90.0 cm³/mol. The highest BCUT2D eigenvalue weighted by Gasteiger charge is 2.23. The second-order valence-electron chi connectivity index (χ2n) is 6.16. The molecule has 0 spiro atoms. The Morgan fingerprint density at radius 3 is 3.04 bits per heavy atom. The van der Waals surface area contributed by atoms with Gasteiger partial charge >= 0.3 is 0 Å². The van der Waals surface area contributed by atoms with Gasteiger partial charge in [-0.1, -0.05) is 19.1 Å². The van der Waals surface area contributed by atoms with Crippen molar-refractivity contribution >= 4 is 16.9 Å². The van der Waals surface area contributed by atoms with Gasteiger partial charge in [-0.05, 0) is 30.0 Å². The minimum atomic E-state index is 0.657. The zero-order valence-corrected chi connectivity index (χ0v) is 13.0. The molecule has 5 heteroatoms. The van der Waals surface area contributed by atoms with Gasteiger partial charge in [0.2, 0.25) is 0 Å². The highest BCUT2D eigenvalue weighted by atomic mass is 15.2. The summed E-state index contributed by atoms with van der Waals surface area (Å²) in [7, 11) is 0. The second-order valence-corrected chi connectivity index (χ2v) is 6.16. The van der Waals surface area contributed by atoms with E-state index in [0.29, 0.717) is 11.5 Å². The SMILES string of the molecule is C[C@H]1CCN(c2ncnc3[nH]cc(-c4cccc(C#N)c4)c23)C1. The third-order valence-corrected chi connectivity index (χ3v) is 4.48. The van der Waals surface area contributed by atoms with E-state index in [0.717, 1.165) is 41.1 Å². The van der Waals surface area contributed by atoms with Crippen molar-refractivity contribution in [1.82, 2.24) is 15.0 Å². The normalized spacial score (nSPS) is 17.6. The summed E-state index contributed by atoms with van der Waals surface area (Å²) in [6, 6.07) is 9.86. The lowest BCUT2D eigenvalue weighted by Crippen LogP contribution is -2.20. The van der Waals surface area contributed by atoms with Gasteiger partial charge in [0.15, 0.2) is 0 Å². The van der Waals surface area contributed by atoms with Crippen LogP contribution in [-0.4, -0.2) is 28.0 Å². The van der Waals surface area contributed by atoms with Gasteiger partial charge in [0, 0.05) is 24.8 Å². The number of rotatable bonds is 2. The summed E-state index contributed by atoms with van der Waals surface area (Å²) < 4.78 is 0. The molecule has 3 heterocycles. The molecule has 1 N–H and O–H groups in total. The van der Waals surface area contributed by atoms with E-state index in [9.17, 15) is 0 Å². The van der Waals surface area contributed by atoms with Crippen molar-refractivity contribution < 1.29 is 0 Å². The molecule has 4 rings (SSSR count). The largest absolute Gasteiger partial charge is 0.356 e. The van der Waals surface area contributed by atoms with E-state index in [1.807, 2.05) is 30.5 Å². The lowest BCUT2D eigenvalue weighted by Gasteiger charge is -2.18. The van der Waals surface area contributed by atoms with Crippen LogP contribution in [0.25, 0.3) is 22.2 Å². The molecule has 114 valence electrons. The van der Waals surface area contributed by atoms with Crippen LogP contribution in [0.1, 0.15) is 18.9 Å². The standard InChI is InChI=1S/C18H17N5/c1-12-5-6-23(10-12)18-16-15(9-20-17(16)21-11-22-18)14-4-2-3-13(7-14)8-19/h2-4,7,9,11-12H,5-6,10H2,1H3,(H,20,21,22)/t12-/m0/s1. The fraction of sp³-hybridized carbons (Fsp3) is 0.278. The summed E-state index contributed by atoms with van der Waals surface area (Å²) in [5.74, 6) is 1.67. The fourth-order valence-corrected chi connectivity index (χ4v) is 3.30. The quantitative estimate of drug-likeness (QED) is 0.788. The highest BCUT2D eigenvalue weighted by Crippen LogP contribution is 2.35. The maximum absolute atomic E-state index is 9.14. The summed E-state index contributed by atoms with van der Waals surface area (Å²) in [5, 5.41) is 10.2. The van der Waals surface area contributed by atoms with Gasteiger partial charge in [-0.2, -0.15) is 5.26 Å². The lowest BCUT2D eigenvalue weighted by molar-refractivity contribution is 0.659. The number of aromatic nitrogens is 3. The summed E-state index contributed by atoms with van der Waals surface area (Å²) in [5.41, 5.74) is 3.56. The number of nitrogens with zero attached hydrogens (tertiary/aromatic N) is 4. The molecule has 1 aliphatic rings. The topological polar surface area (TPSA) is 68.6 Å². The van der Waals surface area contributed by atoms with E-state index < -0.39 is 0 Å². The fourth-order valence-electron chi connectivity index (χ4n) is 3.30. The average molecular weight is 303 g/mol. The molecule has 3 aromatic rings. The zero-order chi connectivity index (χ0) is 15.8. The van der Waals surface area contributed by atoms with Crippen LogP contribution in [0.5, 0.6) is 0 Å². The molecule has 1 saturated heterocycles. The average Bonchev–Trinajstić information content (AvgIpc) is 3.21. The van der Waals surface area contributed by atoms with Crippen molar-refractivity contribution in [3.05, 3.63) is 42.4 Å². The molecule has 0 radical (unpaired) electrons. The van der Waals surface area contributed by atoms with Gasteiger partial charge in [-0.25, -0.2) is 9.97 Å². The molecule has 1 aromatic carbocycles. The third kappa shape index (κ3) is 2.33. The van der Waals surface area contributed by atoms with Crippen molar-refractivity contribution in [2.75, 3.05) is 18.0 Å². The lowest BCUT2D eigenvalue weighted by atomic mass is 10.0. The van der Waals surface area contributed by atoms with Gasteiger partial charge in [0.25, 0.3) is 0 Å². The molecule has 2 aromatic heterocycles. The Labute approximate surface area is 134 Å². The predicted octanol–water partition coefficient (Wildman–Crippen LogP) is 3.34. The number of benzene rings is 1. The first kappa shape index (κ1) is 13.8. The Hall–Kier alpha value is -2.87. The highest BCUT2D eigenvalue weighted by molar-refractivity contribution is 6.01. The van der Waals surface area contributed by atoms with Crippen LogP contribution >= 0.6 is 0 Å². The van der Waals surface area contributed by atoms with Gasteiger partial charge in [-0.3, -0.25) is 0 Å². The monoisotopic (exact) mass is 303 g/mol. The minimum Gasteiger partial charge on any atom is -0.356 e. The molecule has 1 aliphatic heterocycles. The molecular formula is C18H17N5. The zero-order valence-electron chi connectivity index (χ0n) is 13.0. The Kier molecular flexibility index (Phi) is 3.23. The van der Waals surface area contributed by atoms with Gasteiger partial charge < -0.3 is 9.88 Å². The molecule has 0 amide bonds. The summed E-state index contributed by atoms with van der Waals surface area (Å²) in [4.78, 5) is 14.5. The molecule has 0 saturated carbocycles. The number of anilines is 1. The van der Waals surface area contributed by atoms with Crippen LogP contribution in [0.4, 0.5) is 5.82 Å². The number of nitriles is 1. The first-order valence-electron chi connectivity index (χ1n) is 7.84. The summed E-state index contributed by atoms with van der Waals surface area (Å²) in [6.07, 6.45) is 4.76. The van der Waals surface area contributed by atoms with Crippen molar-refractivity contribution in [1.29, 1.82) is 5.26 Å². The second kappa shape index (κ2) is 5.40. The van der Waals surface area contributed by atoms with Crippen molar-refractivity contribution in [2.24, 2.45) is 5.92 Å². The number of hydrogen-bond donors (Lipinski definition) is 1. The minimum absolute atomic E-state index is 0.657. The van der Waals surface area contributed by atoms with Gasteiger partial charge in [0.1, 0.15) is 17.8 Å². The maximum Gasteiger partial charge on any atom is 0.143 e. The third-order valence-electron chi connectivity index (χ3n) is 4.48. The van der Waals surface area contributed by atoms with E-state index >= 15 is 0 Å². The summed E-state index contributed by atoms with van der Waals surface area (Å²) >= 11 is 0. The van der Waals surface area contributed by atoms with Crippen LogP contribution in [0, 0.1) is 17.2 Å². The van der Waals surface area contributed by atoms with Gasteiger partial charge in [0.05, 0.1) is 17.0 Å². The molecule has 1 atom stereocenters.